The van der Waals surface area contributed by atoms with E-state index in [-0.39, 0.29) is 5.82 Å². The highest BCUT2D eigenvalue weighted by Gasteiger charge is 2.23. The number of halogens is 1. The highest BCUT2D eigenvalue weighted by atomic mass is 32.2. The molecule has 0 saturated heterocycles. The van der Waals surface area contributed by atoms with Crippen LogP contribution in [0.15, 0.2) is 28.5 Å². The molecule has 2 heterocycles. The molecule has 0 bridgehead atoms. The molecular weight excluding hydrogens is 291 g/mol. The van der Waals surface area contributed by atoms with Crippen LogP contribution in [0.1, 0.15) is 13.8 Å². The number of benzene rings is 1. The third kappa shape index (κ3) is 2.53. The van der Waals surface area contributed by atoms with Gasteiger partial charge in [0.1, 0.15) is 11.6 Å². The van der Waals surface area contributed by atoms with Gasteiger partial charge in [-0.25, -0.2) is 4.39 Å². The Hall–Kier alpha value is -1.89. The first kappa shape index (κ1) is 14.1. The van der Waals surface area contributed by atoms with Crippen molar-refractivity contribution in [3.63, 3.8) is 0 Å². The van der Waals surface area contributed by atoms with Crippen LogP contribution in [0.2, 0.25) is 0 Å². The monoisotopic (exact) mass is 306 g/mol. The van der Waals surface area contributed by atoms with Crippen LogP contribution in [0.3, 0.4) is 0 Å². The van der Waals surface area contributed by atoms with Gasteiger partial charge < -0.3 is 4.74 Å². The predicted octanol–water partition coefficient (Wildman–Crippen LogP) is 3.06. The third-order valence-corrected chi connectivity index (χ3v) is 4.22. The zero-order chi connectivity index (χ0) is 15.0. The number of ether oxygens (including phenoxy) is 1. The number of methoxy groups -OCH3 is 1. The second-order valence-corrected chi connectivity index (χ2v) is 5.94. The largest absolute Gasteiger partial charge is 0.497 e. The Morgan fingerprint density at radius 2 is 2.14 bits per heavy atom. The van der Waals surface area contributed by atoms with E-state index in [0.717, 1.165) is 11.5 Å². The summed E-state index contributed by atoms with van der Waals surface area (Å²) < 4.78 is 20.9. The van der Waals surface area contributed by atoms with Crippen LogP contribution in [0.25, 0.3) is 11.4 Å². The van der Waals surface area contributed by atoms with Gasteiger partial charge in [-0.1, -0.05) is 25.6 Å². The fourth-order valence-corrected chi connectivity index (χ4v) is 3.01. The number of rotatable bonds is 3. The Kier molecular flexibility index (Phi) is 3.67. The van der Waals surface area contributed by atoms with E-state index in [1.807, 2.05) is 0 Å². The molecule has 110 valence electrons. The molecular formula is C14H15FN4OS. The summed E-state index contributed by atoms with van der Waals surface area (Å²) in [6, 6.07) is 4.54. The van der Waals surface area contributed by atoms with Crippen molar-refractivity contribution in [3.05, 3.63) is 24.0 Å². The third-order valence-electron chi connectivity index (χ3n) is 3.27. The van der Waals surface area contributed by atoms with Gasteiger partial charge in [-0.3, -0.25) is 0 Å². The molecule has 1 aromatic carbocycles. The average molecular weight is 306 g/mol. The lowest BCUT2D eigenvalue weighted by atomic mass is 10.1. The van der Waals surface area contributed by atoms with E-state index in [0.29, 0.717) is 28.2 Å². The topological polar surface area (TPSA) is 52.3 Å². The van der Waals surface area contributed by atoms with Crippen molar-refractivity contribution >= 4 is 17.5 Å². The summed E-state index contributed by atoms with van der Waals surface area (Å²) in [6.45, 7) is 4.17. The maximum Gasteiger partial charge on any atom is 0.212 e. The Labute approximate surface area is 126 Å². The minimum absolute atomic E-state index is 0.330. The fraction of sp³-hybridized carbons (Fsp3) is 0.357. The molecule has 0 spiro atoms. The van der Waals surface area contributed by atoms with Crippen LogP contribution in [0, 0.1) is 11.7 Å². The molecule has 0 N–H and O–H groups in total. The maximum absolute atomic E-state index is 14.1. The summed E-state index contributed by atoms with van der Waals surface area (Å²) in [5.74, 6) is 1.71. The van der Waals surface area contributed by atoms with Crippen molar-refractivity contribution in [2.45, 2.75) is 19.0 Å². The van der Waals surface area contributed by atoms with Gasteiger partial charge in [-0.15, -0.1) is 10.2 Å². The van der Waals surface area contributed by atoms with Crippen LogP contribution < -0.4 is 4.74 Å². The van der Waals surface area contributed by atoms with Gasteiger partial charge in [0.15, 0.2) is 5.82 Å². The second-order valence-electron chi connectivity index (χ2n) is 5.00. The molecule has 0 saturated carbocycles. The molecule has 0 radical (unpaired) electrons. The van der Waals surface area contributed by atoms with E-state index in [1.54, 1.807) is 35.7 Å². The van der Waals surface area contributed by atoms with Crippen LogP contribution in [0.4, 0.5) is 4.39 Å². The number of thioether (sulfide) groups is 1. The molecule has 0 fully saturated rings. The predicted molar refractivity (Wildman–Crippen MR) is 80.4 cm³/mol. The van der Waals surface area contributed by atoms with Crippen LogP contribution >= 0.6 is 11.8 Å². The van der Waals surface area contributed by atoms with Gasteiger partial charge >= 0.3 is 0 Å². The van der Waals surface area contributed by atoms with Gasteiger partial charge in [-0.2, -0.15) is 9.78 Å². The standard InChI is InChI=1S/C14H15FN4OS/c1-8(2)12-7-21-14-17-16-13(19(14)18-12)10-6-9(20-3)4-5-11(10)15/h4-6,8H,7H2,1-3H3. The fourth-order valence-electron chi connectivity index (χ4n) is 1.99. The zero-order valence-electron chi connectivity index (χ0n) is 12.0. The molecule has 21 heavy (non-hydrogen) atoms. The minimum Gasteiger partial charge on any atom is -0.497 e. The van der Waals surface area contributed by atoms with Crippen molar-refractivity contribution in [2.75, 3.05) is 12.9 Å². The Balaban J connectivity index is 2.13. The quantitative estimate of drug-likeness (QED) is 0.874. The minimum atomic E-state index is -0.372. The summed E-state index contributed by atoms with van der Waals surface area (Å²) >= 11 is 1.56. The average Bonchev–Trinajstić information content (AvgIpc) is 2.90. The molecule has 0 atom stereocenters. The number of nitrogens with zero attached hydrogens (tertiary/aromatic N) is 4. The van der Waals surface area contributed by atoms with Crippen LogP contribution in [-0.2, 0) is 0 Å². The van der Waals surface area contributed by atoms with E-state index in [4.69, 9.17) is 4.74 Å². The summed E-state index contributed by atoms with van der Waals surface area (Å²) in [5.41, 5.74) is 1.37. The number of hydrogen-bond acceptors (Lipinski definition) is 5. The number of hydrogen-bond donors (Lipinski definition) is 0. The van der Waals surface area contributed by atoms with Gasteiger partial charge in [-0.05, 0) is 24.1 Å². The Morgan fingerprint density at radius 3 is 2.86 bits per heavy atom. The van der Waals surface area contributed by atoms with Crippen molar-refractivity contribution in [2.24, 2.45) is 11.0 Å². The van der Waals surface area contributed by atoms with E-state index >= 15 is 0 Å². The lowest BCUT2D eigenvalue weighted by Gasteiger charge is -2.16. The maximum atomic E-state index is 14.1. The first-order chi connectivity index (χ1) is 10.1. The molecule has 2 aromatic rings. The van der Waals surface area contributed by atoms with Gasteiger partial charge in [0.25, 0.3) is 0 Å². The lowest BCUT2D eigenvalue weighted by molar-refractivity contribution is 0.414. The van der Waals surface area contributed by atoms with Gasteiger partial charge in [0, 0.05) is 5.75 Å². The van der Waals surface area contributed by atoms with Crippen molar-refractivity contribution in [1.29, 1.82) is 0 Å². The summed E-state index contributed by atoms with van der Waals surface area (Å²) in [6.07, 6.45) is 0. The van der Waals surface area contributed by atoms with Crippen LogP contribution in [0.5, 0.6) is 5.75 Å². The Bertz CT molecular complexity index is 711. The summed E-state index contributed by atoms with van der Waals surface area (Å²) in [5, 5.41) is 13.4. The molecule has 0 unspecified atom stereocenters. The molecule has 1 aliphatic heterocycles. The van der Waals surface area contributed by atoms with Crippen molar-refractivity contribution in [3.8, 4) is 17.1 Å². The van der Waals surface area contributed by atoms with E-state index in [1.165, 1.54) is 6.07 Å². The lowest BCUT2D eigenvalue weighted by Crippen LogP contribution is -2.17. The SMILES string of the molecule is COc1ccc(F)c(-c2nnc3n2N=C(C(C)C)CS3)c1. The van der Waals surface area contributed by atoms with E-state index in [9.17, 15) is 4.39 Å². The number of aromatic nitrogens is 3. The molecule has 3 rings (SSSR count). The van der Waals surface area contributed by atoms with Crippen molar-refractivity contribution in [1.82, 2.24) is 14.9 Å². The second kappa shape index (κ2) is 5.48. The van der Waals surface area contributed by atoms with E-state index < -0.39 is 0 Å². The van der Waals surface area contributed by atoms with Crippen LogP contribution in [-0.4, -0.2) is 33.4 Å². The summed E-state index contributed by atoms with van der Waals surface area (Å²) in [7, 11) is 1.54. The molecule has 0 aliphatic carbocycles. The molecule has 7 heteroatoms. The molecule has 5 nitrogen and oxygen atoms in total. The van der Waals surface area contributed by atoms with Gasteiger partial charge in [0.2, 0.25) is 5.16 Å². The van der Waals surface area contributed by atoms with Crippen molar-refractivity contribution < 1.29 is 9.13 Å². The Morgan fingerprint density at radius 1 is 1.33 bits per heavy atom. The van der Waals surface area contributed by atoms with Gasteiger partial charge in [0.05, 0.1) is 18.4 Å². The molecule has 1 aliphatic rings. The number of fused-ring (bicyclic) bond motifs is 1. The normalized spacial score (nSPS) is 14.0. The zero-order valence-corrected chi connectivity index (χ0v) is 12.8. The summed E-state index contributed by atoms with van der Waals surface area (Å²) in [4.78, 5) is 0. The molecule has 1 aromatic heterocycles. The highest BCUT2D eigenvalue weighted by molar-refractivity contribution is 7.99. The van der Waals surface area contributed by atoms with E-state index in [2.05, 4.69) is 29.1 Å². The first-order valence-electron chi connectivity index (χ1n) is 6.60. The highest BCUT2D eigenvalue weighted by Crippen LogP contribution is 2.31. The molecule has 0 amide bonds. The first-order valence-corrected chi connectivity index (χ1v) is 7.58. The smallest absolute Gasteiger partial charge is 0.212 e.